The number of aliphatic hydroxyl groups is 1. The highest BCUT2D eigenvalue weighted by Crippen LogP contribution is 2.36. The molecule has 0 bridgehead atoms. The summed E-state index contributed by atoms with van der Waals surface area (Å²) in [6, 6.07) is 4.21. The van der Waals surface area contributed by atoms with Crippen molar-refractivity contribution in [3.63, 3.8) is 0 Å². The van der Waals surface area contributed by atoms with E-state index in [0.29, 0.717) is 41.9 Å². The Bertz CT molecular complexity index is 1820. The molecule has 0 aromatic carbocycles. The third-order valence-electron chi connectivity index (χ3n) is 8.38. The van der Waals surface area contributed by atoms with E-state index in [9.17, 15) is 13.5 Å². The molecule has 43 heavy (non-hydrogen) atoms. The second kappa shape index (κ2) is 10.8. The molecule has 2 saturated carbocycles. The second-order valence-corrected chi connectivity index (χ2v) is 14.0. The molecular weight excluding hydrogens is 566 g/mol. The Balaban J connectivity index is 1.15. The summed E-state index contributed by atoms with van der Waals surface area (Å²) in [5, 5.41) is 21.3. The average Bonchev–Trinajstić information content (AvgIpc) is 3.95. The third-order valence-corrected chi connectivity index (χ3v) is 10.4. The molecule has 1 saturated heterocycles. The van der Waals surface area contributed by atoms with E-state index < -0.39 is 10.0 Å². The molecule has 0 spiro atoms. The molecule has 5 heterocycles. The molecule has 1 aliphatic heterocycles. The molecule has 2 N–H and O–H groups in total. The zero-order valence-electron chi connectivity index (χ0n) is 23.9. The number of aromatic nitrogens is 7. The maximum Gasteiger partial charge on any atom is 0.256 e. The summed E-state index contributed by atoms with van der Waals surface area (Å²) in [5.41, 5.74) is 3.06. The largest absolute Gasteiger partial charge is 0.396 e. The minimum atomic E-state index is -3.47. The summed E-state index contributed by atoms with van der Waals surface area (Å²) in [7, 11) is -3.47. The monoisotopic (exact) mass is 599 g/mol. The van der Waals surface area contributed by atoms with Gasteiger partial charge >= 0.3 is 0 Å². The standard InChI is InChI=1S/C30H33N9O3S/c1-30(20-40)9-12-37(13-10-30)26-14-28(32-16-22(26)3-2-21-15-33-38(18-21)24-4-5-24)35-27-8-11-31-29(36-27)23-17-34-39(19-23)43(41,42)25-6-7-25/h8,11,14-19,24-25,40H,4-7,9-10,12-13,20H2,1H3,(H,31,32,35,36). The van der Waals surface area contributed by atoms with E-state index in [-0.39, 0.29) is 17.3 Å². The molecule has 222 valence electrons. The first kappa shape index (κ1) is 27.5. The van der Waals surface area contributed by atoms with Gasteiger partial charge in [0.25, 0.3) is 10.0 Å². The van der Waals surface area contributed by atoms with Crippen LogP contribution in [0.5, 0.6) is 0 Å². The molecule has 4 aromatic heterocycles. The highest BCUT2D eigenvalue weighted by Gasteiger charge is 2.38. The van der Waals surface area contributed by atoms with E-state index in [0.717, 1.165) is 46.8 Å². The molecule has 0 amide bonds. The molecule has 12 nitrogen and oxygen atoms in total. The van der Waals surface area contributed by atoms with Crippen LogP contribution in [0.15, 0.2) is 49.3 Å². The first-order valence-electron chi connectivity index (χ1n) is 14.6. The normalized spacial score (nSPS) is 18.2. The number of pyridine rings is 1. The van der Waals surface area contributed by atoms with Gasteiger partial charge in [-0.05, 0) is 50.0 Å². The van der Waals surface area contributed by atoms with Crippen LogP contribution in [0.3, 0.4) is 0 Å². The van der Waals surface area contributed by atoms with Crippen LogP contribution in [-0.4, -0.2) is 72.4 Å². The molecule has 0 radical (unpaired) electrons. The van der Waals surface area contributed by atoms with E-state index in [1.807, 2.05) is 16.9 Å². The summed E-state index contributed by atoms with van der Waals surface area (Å²) < 4.78 is 28.1. The van der Waals surface area contributed by atoms with Crippen LogP contribution in [0.2, 0.25) is 0 Å². The number of nitrogens with zero attached hydrogens (tertiary/aromatic N) is 8. The van der Waals surface area contributed by atoms with E-state index in [1.54, 1.807) is 24.7 Å². The molecule has 7 rings (SSSR count). The molecule has 2 aliphatic carbocycles. The highest BCUT2D eigenvalue weighted by atomic mass is 32.2. The van der Waals surface area contributed by atoms with Crippen molar-refractivity contribution >= 4 is 27.3 Å². The fourth-order valence-electron chi connectivity index (χ4n) is 5.17. The lowest BCUT2D eigenvalue weighted by atomic mass is 9.81. The molecule has 0 unspecified atom stereocenters. The maximum atomic E-state index is 12.6. The van der Waals surface area contributed by atoms with Gasteiger partial charge in [-0.15, -0.1) is 0 Å². The van der Waals surface area contributed by atoms with Crippen LogP contribution in [-0.2, 0) is 10.0 Å². The second-order valence-electron chi connectivity index (χ2n) is 12.0. The van der Waals surface area contributed by atoms with Gasteiger partial charge in [0.15, 0.2) is 5.82 Å². The zero-order valence-corrected chi connectivity index (χ0v) is 24.7. The van der Waals surface area contributed by atoms with Gasteiger partial charge in [0, 0.05) is 44.4 Å². The maximum absolute atomic E-state index is 12.6. The molecule has 4 aromatic rings. The Morgan fingerprint density at radius 3 is 2.58 bits per heavy atom. The van der Waals surface area contributed by atoms with Crippen molar-refractivity contribution in [1.82, 2.24) is 33.9 Å². The topological polar surface area (TPSA) is 144 Å². The average molecular weight is 600 g/mol. The van der Waals surface area contributed by atoms with Crippen molar-refractivity contribution in [3.05, 3.63) is 60.4 Å². The Morgan fingerprint density at radius 2 is 1.84 bits per heavy atom. The minimum absolute atomic E-state index is 0.0863. The van der Waals surface area contributed by atoms with Gasteiger partial charge in [-0.3, -0.25) is 4.68 Å². The fourth-order valence-corrected chi connectivity index (χ4v) is 6.65. The Kier molecular flexibility index (Phi) is 6.90. The predicted molar refractivity (Wildman–Crippen MR) is 161 cm³/mol. The number of hydrogen-bond acceptors (Lipinski definition) is 10. The van der Waals surface area contributed by atoms with Crippen LogP contribution < -0.4 is 10.2 Å². The number of nitrogens with one attached hydrogen (secondary N) is 1. The lowest BCUT2D eigenvalue weighted by molar-refractivity contribution is 0.115. The quantitative estimate of drug-likeness (QED) is 0.289. The zero-order chi connectivity index (χ0) is 29.6. The number of piperidine rings is 1. The van der Waals surface area contributed by atoms with Gasteiger partial charge in [0.2, 0.25) is 0 Å². The molecule has 13 heteroatoms. The molecular formula is C30H33N9O3S. The summed E-state index contributed by atoms with van der Waals surface area (Å²) in [4.78, 5) is 15.9. The lowest BCUT2D eigenvalue weighted by Crippen LogP contribution is -2.40. The van der Waals surface area contributed by atoms with E-state index >= 15 is 0 Å². The predicted octanol–water partition coefficient (Wildman–Crippen LogP) is 3.35. The molecule has 3 fully saturated rings. The first-order valence-corrected chi connectivity index (χ1v) is 16.1. The van der Waals surface area contributed by atoms with Gasteiger partial charge in [0.05, 0.1) is 52.3 Å². The van der Waals surface area contributed by atoms with Gasteiger partial charge in [-0.1, -0.05) is 18.8 Å². The number of aliphatic hydroxyl groups excluding tert-OH is 1. The van der Waals surface area contributed by atoms with Crippen molar-refractivity contribution in [2.24, 2.45) is 5.41 Å². The molecule has 0 atom stereocenters. The SMILES string of the molecule is CC1(CO)CCN(c2cc(Nc3ccnc(-c4cnn(S(=O)(=O)C5CC5)c4)n3)ncc2C#Cc2cnn(C3CC3)c2)CC1. The number of hydrogen-bond donors (Lipinski definition) is 2. The number of anilines is 3. The lowest BCUT2D eigenvalue weighted by Gasteiger charge is -2.39. The van der Waals surface area contributed by atoms with Gasteiger partial charge in [-0.25, -0.2) is 23.4 Å². The summed E-state index contributed by atoms with van der Waals surface area (Å²) >= 11 is 0. The van der Waals surface area contributed by atoms with E-state index in [4.69, 9.17) is 0 Å². The summed E-state index contributed by atoms with van der Waals surface area (Å²) in [6.45, 7) is 3.88. The van der Waals surface area contributed by atoms with Gasteiger partial charge in [-0.2, -0.15) is 14.3 Å². The Labute approximate surface area is 250 Å². The van der Waals surface area contributed by atoms with Gasteiger partial charge in [0.1, 0.15) is 11.6 Å². The van der Waals surface area contributed by atoms with Crippen LogP contribution in [0.1, 0.15) is 62.6 Å². The van der Waals surface area contributed by atoms with Crippen molar-refractivity contribution < 1.29 is 13.5 Å². The molecule has 3 aliphatic rings. The minimum Gasteiger partial charge on any atom is -0.396 e. The van der Waals surface area contributed by atoms with Crippen LogP contribution in [0.25, 0.3) is 11.4 Å². The van der Waals surface area contributed by atoms with E-state index in [1.165, 1.54) is 25.2 Å². The van der Waals surface area contributed by atoms with Crippen molar-refractivity contribution in [2.45, 2.75) is 56.7 Å². The Morgan fingerprint density at radius 1 is 1.02 bits per heavy atom. The van der Waals surface area contributed by atoms with E-state index in [2.05, 4.69) is 54.1 Å². The van der Waals surface area contributed by atoms with Crippen molar-refractivity contribution in [2.75, 3.05) is 29.9 Å². The fraction of sp³-hybridized carbons (Fsp3) is 0.433. The van der Waals surface area contributed by atoms with Crippen LogP contribution in [0, 0.1) is 17.3 Å². The summed E-state index contributed by atoms with van der Waals surface area (Å²) in [5.74, 6) is 8.03. The van der Waals surface area contributed by atoms with Gasteiger partial charge < -0.3 is 15.3 Å². The highest BCUT2D eigenvalue weighted by molar-refractivity contribution is 7.90. The Hall–Kier alpha value is -4.28. The summed E-state index contributed by atoms with van der Waals surface area (Å²) in [6.07, 6.45) is 15.5. The van der Waals surface area contributed by atoms with Crippen molar-refractivity contribution in [1.29, 1.82) is 0 Å². The smallest absolute Gasteiger partial charge is 0.256 e. The van der Waals surface area contributed by atoms with Crippen LogP contribution >= 0.6 is 0 Å². The third kappa shape index (κ3) is 5.85. The van der Waals surface area contributed by atoms with Crippen molar-refractivity contribution in [3.8, 4) is 23.2 Å². The van der Waals surface area contributed by atoms with Crippen LogP contribution in [0.4, 0.5) is 17.3 Å². The number of rotatable bonds is 8. The first-order chi connectivity index (χ1) is 20.8.